The van der Waals surface area contributed by atoms with Gasteiger partial charge in [0.2, 0.25) is 5.91 Å². The van der Waals surface area contributed by atoms with Gasteiger partial charge in [-0.05, 0) is 24.3 Å². The first-order chi connectivity index (χ1) is 18.0. The molecular formula is C27H26FN5O4. The number of anilines is 2. The summed E-state index contributed by atoms with van der Waals surface area (Å²) in [5.74, 6) is 4.92. The van der Waals surface area contributed by atoms with Crippen molar-refractivity contribution >= 4 is 23.2 Å². The van der Waals surface area contributed by atoms with Crippen LogP contribution < -0.4 is 20.7 Å². The number of nitrogens with one attached hydrogen (secondary N) is 4. The second kappa shape index (κ2) is 11.4. The Morgan fingerprint density at radius 3 is 2.95 bits per heavy atom. The summed E-state index contributed by atoms with van der Waals surface area (Å²) in [6, 6.07) is 5.69. The van der Waals surface area contributed by atoms with Crippen molar-refractivity contribution in [3.8, 4) is 28.8 Å². The molecule has 3 aromatic rings. The molecule has 2 amide bonds. The molecule has 1 aliphatic rings. The molecule has 37 heavy (non-hydrogen) atoms. The molecule has 3 heterocycles. The predicted octanol–water partition coefficient (Wildman–Crippen LogP) is 2.92. The van der Waals surface area contributed by atoms with Gasteiger partial charge in [0, 0.05) is 43.7 Å². The standard InChI is InChI=1S/C27H26FN5O4/c1-4-22(34)31-17(15-36-2)9-8-16-14-29-12-10-18(16)24-25(23-20(32-24)11-13-30-27(23)35)33-21-7-5-6-19(28)26(21)37-3/h4-7,10,12,14,17,32-33H,1,11,13,15H2,2-3H3,(H,30,35)(H,31,34)/t17-/m0/s1. The van der Waals surface area contributed by atoms with E-state index < -0.39 is 11.9 Å². The fourth-order valence-corrected chi connectivity index (χ4v) is 4.05. The van der Waals surface area contributed by atoms with E-state index in [4.69, 9.17) is 9.47 Å². The Kier molecular flexibility index (Phi) is 7.86. The number of nitrogens with zero attached hydrogens (tertiary/aromatic N) is 1. The average Bonchev–Trinajstić information content (AvgIpc) is 3.27. The number of H-pyrrole nitrogens is 1. The van der Waals surface area contributed by atoms with Gasteiger partial charge in [-0.15, -0.1) is 0 Å². The summed E-state index contributed by atoms with van der Waals surface area (Å²) in [6.45, 7) is 4.12. The number of amides is 2. The SMILES string of the molecule is C=CC(=O)N[C@@H](C#Cc1cnccc1-c1[nH]c2c(c1Nc1cccc(F)c1OC)C(=O)NCC2)COC. The minimum absolute atomic E-state index is 0.0229. The summed E-state index contributed by atoms with van der Waals surface area (Å²) in [4.78, 5) is 32.2. The molecule has 1 aliphatic heterocycles. The molecule has 4 N–H and O–H groups in total. The van der Waals surface area contributed by atoms with Crippen LogP contribution in [0.15, 0.2) is 49.3 Å². The Hall–Kier alpha value is -4.62. The summed E-state index contributed by atoms with van der Waals surface area (Å²) in [5, 5.41) is 8.76. The smallest absolute Gasteiger partial charge is 0.255 e. The minimum atomic E-state index is -0.583. The predicted molar refractivity (Wildman–Crippen MR) is 137 cm³/mol. The van der Waals surface area contributed by atoms with E-state index in [1.165, 1.54) is 20.3 Å². The normalized spacial score (nSPS) is 12.9. The lowest BCUT2D eigenvalue weighted by Crippen LogP contribution is -2.35. The van der Waals surface area contributed by atoms with Crippen LogP contribution in [0, 0.1) is 17.7 Å². The average molecular weight is 504 g/mol. The van der Waals surface area contributed by atoms with Gasteiger partial charge in [0.25, 0.3) is 5.91 Å². The minimum Gasteiger partial charge on any atom is -0.492 e. The first kappa shape index (κ1) is 25.5. The number of para-hydroxylation sites is 1. The van der Waals surface area contributed by atoms with Crippen LogP contribution in [0.2, 0.25) is 0 Å². The number of aromatic nitrogens is 2. The molecule has 2 aromatic heterocycles. The second-order valence-electron chi connectivity index (χ2n) is 8.09. The quantitative estimate of drug-likeness (QED) is 0.277. The van der Waals surface area contributed by atoms with Gasteiger partial charge in [0.15, 0.2) is 11.6 Å². The largest absolute Gasteiger partial charge is 0.492 e. The van der Waals surface area contributed by atoms with E-state index in [1.807, 2.05) is 0 Å². The lowest BCUT2D eigenvalue weighted by molar-refractivity contribution is -0.117. The highest BCUT2D eigenvalue weighted by Gasteiger charge is 2.28. The number of rotatable bonds is 8. The summed E-state index contributed by atoms with van der Waals surface area (Å²) < 4.78 is 24.8. The summed E-state index contributed by atoms with van der Waals surface area (Å²) in [6.07, 6.45) is 4.95. The summed E-state index contributed by atoms with van der Waals surface area (Å²) >= 11 is 0. The number of carbonyl (C=O) groups is 2. The van der Waals surface area contributed by atoms with Crippen molar-refractivity contribution in [2.75, 3.05) is 32.7 Å². The molecular weight excluding hydrogens is 477 g/mol. The van der Waals surface area contributed by atoms with Gasteiger partial charge in [0.1, 0.15) is 6.04 Å². The molecule has 0 radical (unpaired) electrons. The topological polar surface area (TPSA) is 117 Å². The van der Waals surface area contributed by atoms with Gasteiger partial charge >= 0.3 is 0 Å². The maximum atomic E-state index is 14.4. The van der Waals surface area contributed by atoms with Crippen LogP contribution in [0.3, 0.4) is 0 Å². The molecule has 1 atom stereocenters. The van der Waals surface area contributed by atoms with Crippen LogP contribution in [0.25, 0.3) is 11.3 Å². The molecule has 190 valence electrons. The van der Waals surface area contributed by atoms with Gasteiger partial charge < -0.3 is 30.4 Å². The van der Waals surface area contributed by atoms with Crippen molar-refractivity contribution in [3.63, 3.8) is 0 Å². The number of aromatic amines is 1. The highest BCUT2D eigenvalue weighted by molar-refractivity contribution is 6.06. The third kappa shape index (κ3) is 5.47. The molecule has 0 fully saturated rings. The third-order valence-electron chi connectivity index (χ3n) is 5.70. The number of methoxy groups -OCH3 is 2. The first-order valence-electron chi connectivity index (χ1n) is 11.5. The van der Waals surface area contributed by atoms with Gasteiger partial charge in [-0.25, -0.2) is 4.39 Å². The zero-order chi connectivity index (χ0) is 26.4. The third-order valence-corrected chi connectivity index (χ3v) is 5.70. The molecule has 4 rings (SSSR count). The lowest BCUT2D eigenvalue weighted by Gasteiger charge is -2.17. The summed E-state index contributed by atoms with van der Waals surface area (Å²) in [7, 11) is 2.89. The van der Waals surface area contributed by atoms with E-state index in [0.717, 1.165) is 11.8 Å². The Bertz CT molecular complexity index is 1410. The number of hydrogen-bond acceptors (Lipinski definition) is 6. The number of hydrogen-bond donors (Lipinski definition) is 4. The number of halogens is 1. The highest BCUT2D eigenvalue weighted by Crippen LogP contribution is 2.40. The van der Waals surface area contributed by atoms with Crippen molar-refractivity contribution in [1.82, 2.24) is 20.6 Å². The number of fused-ring (bicyclic) bond motifs is 1. The van der Waals surface area contributed by atoms with E-state index in [1.54, 1.807) is 30.6 Å². The van der Waals surface area contributed by atoms with Crippen LogP contribution in [0.1, 0.15) is 21.6 Å². The highest BCUT2D eigenvalue weighted by atomic mass is 19.1. The van der Waals surface area contributed by atoms with Crippen molar-refractivity contribution in [2.45, 2.75) is 12.5 Å². The molecule has 0 saturated carbocycles. The van der Waals surface area contributed by atoms with Crippen LogP contribution >= 0.6 is 0 Å². The van der Waals surface area contributed by atoms with Gasteiger partial charge in [-0.1, -0.05) is 24.5 Å². The van der Waals surface area contributed by atoms with E-state index in [0.29, 0.717) is 46.7 Å². The zero-order valence-corrected chi connectivity index (χ0v) is 20.4. The molecule has 1 aromatic carbocycles. The second-order valence-corrected chi connectivity index (χ2v) is 8.09. The molecule has 0 aliphatic carbocycles. The Balaban J connectivity index is 1.83. The van der Waals surface area contributed by atoms with Crippen LogP contribution in [-0.2, 0) is 16.0 Å². The van der Waals surface area contributed by atoms with Crippen LogP contribution in [0.5, 0.6) is 5.75 Å². The molecule has 0 spiro atoms. The van der Waals surface area contributed by atoms with Crippen molar-refractivity contribution in [3.05, 3.63) is 72.0 Å². The van der Waals surface area contributed by atoms with Crippen LogP contribution in [0.4, 0.5) is 15.8 Å². The number of benzene rings is 1. The molecule has 10 heteroatoms. The Labute approximate surface area is 213 Å². The Morgan fingerprint density at radius 1 is 1.35 bits per heavy atom. The molecule has 9 nitrogen and oxygen atoms in total. The van der Waals surface area contributed by atoms with E-state index in [2.05, 4.69) is 44.3 Å². The Morgan fingerprint density at radius 2 is 2.19 bits per heavy atom. The summed E-state index contributed by atoms with van der Waals surface area (Å²) in [5.41, 5.74) is 3.77. The van der Waals surface area contributed by atoms with Crippen molar-refractivity contribution in [2.24, 2.45) is 0 Å². The fraction of sp³-hybridized carbons (Fsp3) is 0.222. The maximum Gasteiger partial charge on any atom is 0.255 e. The molecule has 0 saturated heterocycles. The number of ether oxygens (including phenoxy) is 2. The van der Waals surface area contributed by atoms with Crippen molar-refractivity contribution in [1.29, 1.82) is 0 Å². The first-order valence-corrected chi connectivity index (χ1v) is 11.5. The monoisotopic (exact) mass is 503 g/mol. The van der Waals surface area contributed by atoms with Crippen molar-refractivity contribution < 1.29 is 23.5 Å². The maximum absolute atomic E-state index is 14.4. The van der Waals surface area contributed by atoms with Gasteiger partial charge in [0.05, 0.1) is 41.9 Å². The molecule has 0 bridgehead atoms. The zero-order valence-electron chi connectivity index (χ0n) is 20.4. The molecule has 0 unspecified atom stereocenters. The van der Waals surface area contributed by atoms with Crippen LogP contribution in [-0.4, -0.2) is 55.2 Å². The van der Waals surface area contributed by atoms with Gasteiger partial charge in [-0.2, -0.15) is 0 Å². The van der Waals surface area contributed by atoms with E-state index in [-0.39, 0.29) is 24.2 Å². The van der Waals surface area contributed by atoms with Gasteiger partial charge in [-0.3, -0.25) is 14.6 Å². The van der Waals surface area contributed by atoms with E-state index >= 15 is 0 Å². The lowest BCUT2D eigenvalue weighted by atomic mass is 10.0. The number of pyridine rings is 1. The fourth-order valence-electron chi connectivity index (χ4n) is 4.05. The number of carbonyl (C=O) groups excluding carboxylic acids is 2. The van der Waals surface area contributed by atoms with E-state index in [9.17, 15) is 14.0 Å².